The van der Waals surface area contributed by atoms with E-state index in [0.717, 1.165) is 27.8 Å². The van der Waals surface area contributed by atoms with E-state index in [9.17, 15) is 0 Å². The Labute approximate surface area is 84.6 Å². The van der Waals surface area contributed by atoms with Gasteiger partial charge in [-0.3, -0.25) is 0 Å². The standard InChI is InChI=1S/C10H9BrO2/c1-12-8-3-2-7-4-9(6-11)13-10(7)5-8/h2-5H,6H2,1H3. The van der Waals surface area contributed by atoms with Crippen molar-refractivity contribution in [3.63, 3.8) is 0 Å². The molecule has 0 radical (unpaired) electrons. The van der Waals surface area contributed by atoms with Crippen molar-refractivity contribution in [3.8, 4) is 5.75 Å². The molecule has 0 fully saturated rings. The van der Waals surface area contributed by atoms with Crippen molar-refractivity contribution in [2.45, 2.75) is 5.33 Å². The summed E-state index contributed by atoms with van der Waals surface area (Å²) in [6, 6.07) is 7.82. The van der Waals surface area contributed by atoms with E-state index in [2.05, 4.69) is 15.9 Å². The van der Waals surface area contributed by atoms with Crippen molar-refractivity contribution >= 4 is 26.9 Å². The molecule has 0 unspecified atom stereocenters. The van der Waals surface area contributed by atoms with Crippen molar-refractivity contribution < 1.29 is 9.15 Å². The van der Waals surface area contributed by atoms with E-state index in [-0.39, 0.29) is 0 Å². The molecular weight excluding hydrogens is 232 g/mol. The Balaban J connectivity index is 2.57. The summed E-state index contributed by atoms with van der Waals surface area (Å²) in [6.07, 6.45) is 0. The van der Waals surface area contributed by atoms with Gasteiger partial charge < -0.3 is 9.15 Å². The van der Waals surface area contributed by atoms with Gasteiger partial charge in [-0.1, -0.05) is 15.9 Å². The third-order valence-electron chi connectivity index (χ3n) is 1.91. The summed E-state index contributed by atoms with van der Waals surface area (Å²) in [5.74, 6) is 1.76. The zero-order valence-electron chi connectivity index (χ0n) is 7.21. The minimum Gasteiger partial charge on any atom is -0.497 e. The van der Waals surface area contributed by atoms with Crippen LogP contribution in [0.3, 0.4) is 0 Å². The van der Waals surface area contributed by atoms with Crippen molar-refractivity contribution in [3.05, 3.63) is 30.0 Å². The first kappa shape index (κ1) is 8.63. The van der Waals surface area contributed by atoms with Gasteiger partial charge in [-0.15, -0.1) is 0 Å². The molecule has 68 valence electrons. The second kappa shape index (κ2) is 3.42. The molecule has 0 atom stereocenters. The highest BCUT2D eigenvalue weighted by Gasteiger charge is 2.02. The first-order chi connectivity index (χ1) is 6.33. The molecule has 0 saturated heterocycles. The lowest BCUT2D eigenvalue weighted by molar-refractivity contribution is 0.414. The second-order valence-electron chi connectivity index (χ2n) is 2.75. The van der Waals surface area contributed by atoms with Crippen LogP contribution in [0.5, 0.6) is 5.75 Å². The number of rotatable bonds is 2. The van der Waals surface area contributed by atoms with Crippen LogP contribution in [0.4, 0.5) is 0 Å². The van der Waals surface area contributed by atoms with Crippen LogP contribution in [0.1, 0.15) is 5.76 Å². The topological polar surface area (TPSA) is 22.4 Å². The Bertz CT molecular complexity index is 418. The molecule has 0 N–H and O–H groups in total. The van der Waals surface area contributed by atoms with Crippen molar-refractivity contribution in [1.82, 2.24) is 0 Å². The fourth-order valence-electron chi connectivity index (χ4n) is 1.26. The molecule has 1 aromatic heterocycles. The Morgan fingerprint density at radius 2 is 2.23 bits per heavy atom. The largest absolute Gasteiger partial charge is 0.497 e. The van der Waals surface area contributed by atoms with Gasteiger partial charge in [0.15, 0.2) is 0 Å². The maximum atomic E-state index is 5.53. The summed E-state index contributed by atoms with van der Waals surface area (Å²) < 4.78 is 10.6. The minimum absolute atomic E-state index is 0.740. The second-order valence-corrected chi connectivity index (χ2v) is 3.31. The molecule has 0 aliphatic rings. The van der Waals surface area contributed by atoms with Gasteiger partial charge in [-0.25, -0.2) is 0 Å². The van der Waals surface area contributed by atoms with E-state index in [4.69, 9.17) is 9.15 Å². The van der Waals surface area contributed by atoms with E-state index >= 15 is 0 Å². The van der Waals surface area contributed by atoms with Crippen LogP contribution in [-0.4, -0.2) is 7.11 Å². The van der Waals surface area contributed by atoms with Crippen LogP contribution >= 0.6 is 15.9 Å². The molecule has 0 saturated carbocycles. The van der Waals surface area contributed by atoms with Gasteiger partial charge in [0, 0.05) is 11.5 Å². The predicted molar refractivity (Wildman–Crippen MR) is 55.4 cm³/mol. The number of hydrogen-bond donors (Lipinski definition) is 0. The number of alkyl halides is 1. The molecule has 1 aromatic carbocycles. The maximum Gasteiger partial charge on any atom is 0.138 e. The molecule has 2 aromatic rings. The molecule has 0 amide bonds. The van der Waals surface area contributed by atoms with Crippen LogP contribution in [0, 0.1) is 0 Å². The van der Waals surface area contributed by atoms with Gasteiger partial charge in [0.25, 0.3) is 0 Å². The smallest absolute Gasteiger partial charge is 0.138 e. The molecule has 2 nitrogen and oxygen atoms in total. The van der Waals surface area contributed by atoms with Crippen LogP contribution in [0.25, 0.3) is 11.0 Å². The van der Waals surface area contributed by atoms with Crippen LogP contribution in [0.15, 0.2) is 28.7 Å². The maximum absolute atomic E-state index is 5.53. The average molecular weight is 241 g/mol. The summed E-state index contributed by atoms with van der Waals surface area (Å²) in [7, 11) is 1.65. The average Bonchev–Trinajstić information content (AvgIpc) is 2.58. The number of ether oxygens (including phenoxy) is 1. The van der Waals surface area contributed by atoms with E-state index in [1.807, 2.05) is 24.3 Å². The minimum atomic E-state index is 0.740. The molecule has 1 heterocycles. The van der Waals surface area contributed by atoms with Crippen molar-refractivity contribution in [2.24, 2.45) is 0 Å². The molecular formula is C10H9BrO2. The Hall–Kier alpha value is -0.960. The highest BCUT2D eigenvalue weighted by molar-refractivity contribution is 9.08. The summed E-state index contributed by atoms with van der Waals surface area (Å²) in [5.41, 5.74) is 0.869. The van der Waals surface area contributed by atoms with Gasteiger partial charge in [0.05, 0.1) is 12.4 Å². The molecule has 0 aliphatic carbocycles. The lowest BCUT2D eigenvalue weighted by Gasteiger charge is -1.96. The van der Waals surface area contributed by atoms with E-state index in [1.165, 1.54) is 0 Å². The van der Waals surface area contributed by atoms with E-state index in [0.29, 0.717) is 0 Å². The monoisotopic (exact) mass is 240 g/mol. The highest BCUT2D eigenvalue weighted by atomic mass is 79.9. The molecule has 0 aliphatic heterocycles. The van der Waals surface area contributed by atoms with Gasteiger partial charge in [0.1, 0.15) is 17.1 Å². The van der Waals surface area contributed by atoms with Gasteiger partial charge in [0.2, 0.25) is 0 Å². The van der Waals surface area contributed by atoms with Crippen molar-refractivity contribution in [2.75, 3.05) is 7.11 Å². The molecule has 2 rings (SSSR count). The van der Waals surface area contributed by atoms with Crippen LogP contribution < -0.4 is 4.74 Å². The summed E-state index contributed by atoms with van der Waals surface area (Å²) in [6.45, 7) is 0. The molecule has 13 heavy (non-hydrogen) atoms. The number of methoxy groups -OCH3 is 1. The van der Waals surface area contributed by atoms with Crippen molar-refractivity contribution in [1.29, 1.82) is 0 Å². The van der Waals surface area contributed by atoms with Gasteiger partial charge >= 0.3 is 0 Å². The van der Waals surface area contributed by atoms with Crippen LogP contribution in [-0.2, 0) is 5.33 Å². The predicted octanol–water partition coefficient (Wildman–Crippen LogP) is 3.34. The third kappa shape index (κ3) is 1.56. The first-order valence-corrected chi connectivity index (χ1v) is 5.08. The number of hydrogen-bond acceptors (Lipinski definition) is 2. The highest BCUT2D eigenvalue weighted by Crippen LogP contribution is 2.24. The SMILES string of the molecule is COc1ccc2cc(CBr)oc2c1. The molecule has 3 heteroatoms. The van der Waals surface area contributed by atoms with Crippen LogP contribution in [0.2, 0.25) is 0 Å². The zero-order chi connectivity index (χ0) is 9.26. The molecule has 0 spiro atoms. The number of furan rings is 1. The lowest BCUT2D eigenvalue weighted by Crippen LogP contribution is -1.79. The normalized spacial score (nSPS) is 10.6. The third-order valence-corrected chi connectivity index (χ3v) is 2.46. The first-order valence-electron chi connectivity index (χ1n) is 3.96. The summed E-state index contributed by atoms with van der Waals surface area (Å²) in [5, 5.41) is 1.85. The number of halogens is 1. The quantitative estimate of drug-likeness (QED) is 0.752. The Morgan fingerprint density at radius 3 is 2.92 bits per heavy atom. The summed E-state index contributed by atoms with van der Waals surface area (Å²) >= 11 is 3.35. The van der Waals surface area contributed by atoms with E-state index in [1.54, 1.807) is 7.11 Å². The van der Waals surface area contributed by atoms with Gasteiger partial charge in [-0.05, 0) is 18.2 Å². The number of benzene rings is 1. The molecule has 0 bridgehead atoms. The lowest BCUT2D eigenvalue weighted by atomic mass is 10.2. The number of fused-ring (bicyclic) bond motifs is 1. The fourth-order valence-corrected chi connectivity index (χ4v) is 1.54. The van der Waals surface area contributed by atoms with E-state index < -0.39 is 0 Å². The Morgan fingerprint density at radius 1 is 1.38 bits per heavy atom. The fraction of sp³-hybridized carbons (Fsp3) is 0.200. The zero-order valence-corrected chi connectivity index (χ0v) is 8.80. The van der Waals surface area contributed by atoms with Gasteiger partial charge in [-0.2, -0.15) is 0 Å². The summed E-state index contributed by atoms with van der Waals surface area (Å²) in [4.78, 5) is 0. The Kier molecular flexibility index (Phi) is 2.27.